The first-order valence-electron chi connectivity index (χ1n) is 9.48. The zero-order chi connectivity index (χ0) is 19.7. The highest BCUT2D eigenvalue weighted by Crippen LogP contribution is 2.19. The maximum atomic E-state index is 12.3. The minimum absolute atomic E-state index is 0.0221. The van der Waals surface area contributed by atoms with Crippen molar-refractivity contribution in [2.75, 3.05) is 19.8 Å². The van der Waals surface area contributed by atoms with Gasteiger partial charge in [-0.3, -0.25) is 4.79 Å². The van der Waals surface area contributed by atoms with E-state index in [2.05, 4.69) is 19.2 Å². The van der Waals surface area contributed by atoms with Gasteiger partial charge in [-0.05, 0) is 66.7 Å². The molecule has 0 fully saturated rings. The second kappa shape index (κ2) is 10.5. The van der Waals surface area contributed by atoms with Gasteiger partial charge in [0.15, 0.2) is 0 Å². The zero-order valence-corrected chi connectivity index (χ0v) is 17.7. The number of aliphatic hydroxyl groups excluding tert-OH is 1. The van der Waals surface area contributed by atoms with E-state index in [1.807, 2.05) is 41.5 Å². The number of aliphatic hydroxyl groups is 1. The molecule has 0 bridgehead atoms. The van der Waals surface area contributed by atoms with Gasteiger partial charge in [-0.2, -0.15) is 0 Å². The third-order valence-corrected chi connectivity index (χ3v) is 4.22. The maximum Gasteiger partial charge on any atom is 0.220 e. The van der Waals surface area contributed by atoms with E-state index in [1.165, 1.54) is 0 Å². The number of hydrogen-bond donors (Lipinski definition) is 2. The van der Waals surface area contributed by atoms with Crippen LogP contribution in [-0.4, -0.2) is 47.6 Å². The summed E-state index contributed by atoms with van der Waals surface area (Å²) in [5.74, 6) is 0.657. The standard InChI is InChI=1S/C20H41NO4/c1-16(2)10-13-24-19(5,6)11-9-17(23)21-18(3,4)12-14-25-20(7,8)15-22/h16,22H,9-15H2,1-8H3,(H,21,23). The first kappa shape index (κ1) is 24.4. The van der Waals surface area contributed by atoms with E-state index in [1.54, 1.807) is 0 Å². The molecule has 25 heavy (non-hydrogen) atoms. The van der Waals surface area contributed by atoms with Crippen LogP contribution >= 0.6 is 0 Å². The summed E-state index contributed by atoms with van der Waals surface area (Å²) in [7, 11) is 0. The molecule has 0 aromatic rings. The SMILES string of the molecule is CC(C)CCOC(C)(C)CCC(=O)NC(C)(C)CCOC(C)(C)CO. The second-order valence-corrected chi connectivity index (χ2v) is 9.24. The Morgan fingerprint density at radius 1 is 0.960 bits per heavy atom. The summed E-state index contributed by atoms with van der Waals surface area (Å²) in [6, 6.07) is 0. The molecule has 0 heterocycles. The molecule has 0 aromatic carbocycles. The fourth-order valence-electron chi connectivity index (χ4n) is 2.19. The Morgan fingerprint density at radius 2 is 1.52 bits per heavy atom. The van der Waals surface area contributed by atoms with Crippen molar-refractivity contribution in [1.82, 2.24) is 5.32 Å². The largest absolute Gasteiger partial charge is 0.393 e. The first-order chi connectivity index (χ1) is 11.3. The monoisotopic (exact) mass is 359 g/mol. The fraction of sp³-hybridized carbons (Fsp3) is 0.950. The van der Waals surface area contributed by atoms with E-state index >= 15 is 0 Å². The normalized spacial score (nSPS) is 13.4. The maximum absolute atomic E-state index is 12.3. The molecule has 0 spiro atoms. The third kappa shape index (κ3) is 13.2. The highest BCUT2D eigenvalue weighted by Gasteiger charge is 2.25. The summed E-state index contributed by atoms with van der Waals surface area (Å²) in [6.45, 7) is 17.3. The Morgan fingerprint density at radius 3 is 2.04 bits per heavy atom. The summed E-state index contributed by atoms with van der Waals surface area (Å²) in [6.07, 6.45) is 2.87. The Kier molecular flexibility index (Phi) is 10.2. The van der Waals surface area contributed by atoms with Crippen LogP contribution < -0.4 is 5.32 Å². The Labute approximate surface area is 154 Å². The van der Waals surface area contributed by atoms with E-state index in [4.69, 9.17) is 9.47 Å². The van der Waals surface area contributed by atoms with Gasteiger partial charge in [-0.1, -0.05) is 13.8 Å². The average molecular weight is 360 g/mol. The van der Waals surface area contributed by atoms with Gasteiger partial charge in [-0.25, -0.2) is 0 Å². The zero-order valence-electron chi connectivity index (χ0n) is 17.7. The Bertz CT molecular complexity index is 389. The number of carbonyl (C=O) groups excluding carboxylic acids is 1. The van der Waals surface area contributed by atoms with Crippen molar-refractivity contribution in [3.63, 3.8) is 0 Å². The van der Waals surface area contributed by atoms with Gasteiger partial charge in [0, 0.05) is 25.2 Å². The van der Waals surface area contributed by atoms with Crippen LogP contribution in [0.2, 0.25) is 0 Å². The molecule has 0 saturated carbocycles. The summed E-state index contributed by atoms with van der Waals surface area (Å²) >= 11 is 0. The Hall–Kier alpha value is -0.650. The van der Waals surface area contributed by atoms with Gasteiger partial charge in [0.25, 0.3) is 0 Å². The lowest BCUT2D eigenvalue weighted by molar-refractivity contribution is -0.125. The molecule has 0 rings (SSSR count). The van der Waals surface area contributed by atoms with E-state index in [-0.39, 0.29) is 23.7 Å². The molecule has 0 unspecified atom stereocenters. The number of amides is 1. The van der Waals surface area contributed by atoms with E-state index in [0.717, 1.165) is 13.0 Å². The molecule has 0 saturated heterocycles. The predicted octanol–water partition coefficient (Wildman–Crippen LogP) is 3.68. The molecule has 0 aromatic heterocycles. The van der Waals surface area contributed by atoms with E-state index < -0.39 is 5.60 Å². The van der Waals surface area contributed by atoms with Gasteiger partial charge in [0.05, 0.1) is 17.8 Å². The van der Waals surface area contributed by atoms with Gasteiger partial charge < -0.3 is 19.9 Å². The van der Waals surface area contributed by atoms with Crippen LogP contribution in [0.4, 0.5) is 0 Å². The van der Waals surface area contributed by atoms with Crippen LogP contribution in [0.1, 0.15) is 81.1 Å². The molecular weight excluding hydrogens is 318 g/mol. The second-order valence-electron chi connectivity index (χ2n) is 9.24. The van der Waals surface area contributed by atoms with Crippen molar-refractivity contribution < 1.29 is 19.4 Å². The lowest BCUT2D eigenvalue weighted by Crippen LogP contribution is -2.45. The predicted molar refractivity (Wildman–Crippen MR) is 103 cm³/mol. The van der Waals surface area contributed by atoms with Crippen molar-refractivity contribution in [1.29, 1.82) is 0 Å². The van der Waals surface area contributed by atoms with E-state index in [0.29, 0.717) is 31.8 Å². The highest BCUT2D eigenvalue weighted by molar-refractivity contribution is 5.76. The van der Waals surface area contributed by atoms with Crippen LogP contribution in [0.25, 0.3) is 0 Å². The van der Waals surface area contributed by atoms with Crippen molar-refractivity contribution in [3.05, 3.63) is 0 Å². The number of rotatable bonds is 13. The molecular formula is C20H41NO4. The highest BCUT2D eigenvalue weighted by atomic mass is 16.5. The van der Waals surface area contributed by atoms with Crippen LogP contribution in [0, 0.1) is 5.92 Å². The van der Waals surface area contributed by atoms with Crippen LogP contribution in [-0.2, 0) is 14.3 Å². The topological polar surface area (TPSA) is 67.8 Å². The summed E-state index contributed by atoms with van der Waals surface area (Å²) < 4.78 is 11.6. The summed E-state index contributed by atoms with van der Waals surface area (Å²) in [5, 5.41) is 12.3. The number of hydrogen-bond acceptors (Lipinski definition) is 4. The third-order valence-electron chi connectivity index (χ3n) is 4.22. The van der Waals surface area contributed by atoms with Crippen LogP contribution in [0.15, 0.2) is 0 Å². The number of nitrogens with one attached hydrogen (secondary N) is 1. The van der Waals surface area contributed by atoms with Crippen molar-refractivity contribution in [2.24, 2.45) is 5.92 Å². The Balaban J connectivity index is 4.17. The molecule has 150 valence electrons. The van der Waals surface area contributed by atoms with Crippen molar-refractivity contribution in [3.8, 4) is 0 Å². The van der Waals surface area contributed by atoms with Gasteiger partial charge in [-0.15, -0.1) is 0 Å². The molecule has 0 radical (unpaired) electrons. The minimum atomic E-state index is -0.544. The molecule has 0 aliphatic carbocycles. The summed E-state index contributed by atoms with van der Waals surface area (Å²) in [5.41, 5.74) is -1.17. The van der Waals surface area contributed by atoms with Gasteiger partial charge >= 0.3 is 0 Å². The molecule has 5 nitrogen and oxygen atoms in total. The number of carbonyl (C=O) groups is 1. The lowest BCUT2D eigenvalue weighted by Gasteiger charge is -2.30. The first-order valence-corrected chi connectivity index (χ1v) is 9.48. The van der Waals surface area contributed by atoms with Gasteiger partial charge in [0.2, 0.25) is 5.91 Å². The smallest absolute Gasteiger partial charge is 0.220 e. The molecule has 0 aliphatic rings. The van der Waals surface area contributed by atoms with Crippen LogP contribution in [0.3, 0.4) is 0 Å². The molecule has 5 heteroatoms. The molecule has 2 N–H and O–H groups in total. The average Bonchev–Trinajstić information content (AvgIpc) is 2.43. The molecule has 1 amide bonds. The van der Waals surface area contributed by atoms with Crippen molar-refractivity contribution >= 4 is 5.91 Å². The lowest BCUT2D eigenvalue weighted by atomic mass is 9.98. The molecule has 0 atom stereocenters. The van der Waals surface area contributed by atoms with Crippen LogP contribution in [0.5, 0.6) is 0 Å². The quantitative estimate of drug-likeness (QED) is 0.526. The number of ether oxygens (including phenoxy) is 2. The molecule has 0 aliphatic heterocycles. The van der Waals surface area contributed by atoms with Gasteiger partial charge in [0.1, 0.15) is 0 Å². The minimum Gasteiger partial charge on any atom is -0.393 e. The fourth-order valence-corrected chi connectivity index (χ4v) is 2.19. The summed E-state index contributed by atoms with van der Waals surface area (Å²) in [4.78, 5) is 12.3. The van der Waals surface area contributed by atoms with E-state index in [9.17, 15) is 9.90 Å². The van der Waals surface area contributed by atoms with Crippen molar-refractivity contribution in [2.45, 2.75) is 97.8 Å².